The first-order chi connectivity index (χ1) is 13.4. The topological polar surface area (TPSA) is 55.6 Å². The van der Waals surface area contributed by atoms with Crippen LogP contribution in [0, 0.1) is 13.8 Å². The number of carbonyl (C=O) groups is 1. The highest BCUT2D eigenvalue weighted by Crippen LogP contribution is 2.33. The van der Waals surface area contributed by atoms with Crippen molar-refractivity contribution in [1.29, 1.82) is 0 Å². The minimum Gasteiger partial charge on any atom is -0.482 e. The number of anilines is 1. The molecule has 0 atom stereocenters. The fourth-order valence-electron chi connectivity index (χ4n) is 3.31. The van der Waals surface area contributed by atoms with Crippen molar-refractivity contribution >= 4 is 28.6 Å². The molecule has 2 aromatic carbocycles. The summed E-state index contributed by atoms with van der Waals surface area (Å²) in [6.07, 6.45) is 0. The number of fused-ring (bicyclic) bond motifs is 1. The van der Waals surface area contributed by atoms with E-state index < -0.39 is 0 Å². The first-order valence-electron chi connectivity index (χ1n) is 9.32. The summed E-state index contributed by atoms with van der Waals surface area (Å²) in [5, 5.41) is 5.01. The van der Waals surface area contributed by atoms with Crippen LogP contribution in [0.2, 0.25) is 0 Å². The molecule has 4 rings (SSSR count). The van der Waals surface area contributed by atoms with Crippen molar-refractivity contribution in [3.8, 4) is 17.0 Å². The van der Waals surface area contributed by atoms with E-state index in [2.05, 4.69) is 55.1 Å². The zero-order chi connectivity index (χ0) is 19.8. The van der Waals surface area contributed by atoms with Gasteiger partial charge in [0.15, 0.2) is 11.4 Å². The van der Waals surface area contributed by atoms with E-state index in [1.165, 1.54) is 11.1 Å². The van der Waals surface area contributed by atoms with Crippen LogP contribution in [0.25, 0.3) is 11.3 Å². The maximum Gasteiger partial charge on any atom is 0.262 e. The zero-order valence-corrected chi connectivity index (χ0v) is 17.3. The van der Waals surface area contributed by atoms with Gasteiger partial charge in [0.25, 0.3) is 5.91 Å². The minimum absolute atomic E-state index is 0.0651. The second-order valence-electron chi connectivity index (χ2n) is 7.25. The highest BCUT2D eigenvalue weighted by atomic mass is 32.1. The second-order valence-corrected chi connectivity index (χ2v) is 8.08. The SMILES string of the molecule is Cc1cccc(N=c2scc(-c3ccc4c(c3)NC(=O)CO4)n2C(C)C)c1C. The van der Waals surface area contributed by atoms with E-state index in [9.17, 15) is 4.79 Å². The van der Waals surface area contributed by atoms with Gasteiger partial charge in [-0.05, 0) is 63.1 Å². The maximum atomic E-state index is 11.7. The molecule has 0 radical (unpaired) electrons. The Morgan fingerprint density at radius 3 is 2.82 bits per heavy atom. The average molecular weight is 394 g/mol. The molecule has 1 aromatic heterocycles. The normalized spacial score (nSPS) is 14.0. The third kappa shape index (κ3) is 3.36. The van der Waals surface area contributed by atoms with Crippen LogP contribution in [0.1, 0.15) is 31.0 Å². The lowest BCUT2D eigenvalue weighted by Crippen LogP contribution is -2.25. The molecule has 1 aliphatic rings. The van der Waals surface area contributed by atoms with Crippen molar-refractivity contribution < 1.29 is 9.53 Å². The number of rotatable bonds is 3. The van der Waals surface area contributed by atoms with Crippen LogP contribution in [-0.2, 0) is 4.79 Å². The van der Waals surface area contributed by atoms with Crippen molar-refractivity contribution in [2.24, 2.45) is 4.99 Å². The molecule has 1 amide bonds. The lowest BCUT2D eigenvalue weighted by molar-refractivity contribution is -0.118. The van der Waals surface area contributed by atoms with Gasteiger partial charge in [-0.2, -0.15) is 0 Å². The molecule has 0 bridgehead atoms. The smallest absolute Gasteiger partial charge is 0.262 e. The number of hydrogen-bond donors (Lipinski definition) is 1. The largest absolute Gasteiger partial charge is 0.482 e. The van der Waals surface area contributed by atoms with Crippen LogP contribution in [0.3, 0.4) is 0 Å². The summed E-state index contributed by atoms with van der Waals surface area (Å²) in [4.78, 5) is 17.6. The molecule has 1 N–H and O–H groups in total. The van der Waals surface area contributed by atoms with Crippen molar-refractivity contribution in [3.63, 3.8) is 0 Å². The predicted molar refractivity (Wildman–Crippen MR) is 113 cm³/mol. The highest BCUT2D eigenvalue weighted by molar-refractivity contribution is 7.07. The number of amides is 1. The molecule has 0 spiro atoms. The van der Waals surface area contributed by atoms with E-state index in [4.69, 9.17) is 9.73 Å². The number of aromatic nitrogens is 1. The van der Waals surface area contributed by atoms with Gasteiger partial charge in [-0.15, -0.1) is 11.3 Å². The first kappa shape index (κ1) is 18.5. The molecule has 1 aliphatic heterocycles. The molecule has 144 valence electrons. The highest BCUT2D eigenvalue weighted by Gasteiger charge is 2.18. The summed E-state index contributed by atoms with van der Waals surface area (Å²) in [7, 11) is 0. The fraction of sp³-hybridized carbons (Fsp3) is 0.273. The van der Waals surface area contributed by atoms with E-state index in [0.717, 1.165) is 21.7 Å². The molecule has 6 heteroatoms. The number of hydrogen-bond acceptors (Lipinski definition) is 4. The summed E-state index contributed by atoms with van der Waals surface area (Å²) < 4.78 is 7.71. The Kier molecular flexibility index (Phi) is 4.81. The molecule has 2 heterocycles. The summed E-state index contributed by atoms with van der Waals surface area (Å²) in [6.45, 7) is 8.58. The van der Waals surface area contributed by atoms with Crippen molar-refractivity contribution in [2.45, 2.75) is 33.7 Å². The number of ether oxygens (including phenoxy) is 1. The Bertz CT molecular complexity index is 1130. The summed E-state index contributed by atoms with van der Waals surface area (Å²) in [5.41, 5.74) is 6.24. The zero-order valence-electron chi connectivity index (χ0n) is 16.4. The Morgan fingerprint density at radius 2 is 2.04 bits per heavy atom. The standard InChI is InChI=1S/C22H23N3O2S/c1-13(2)25-19(16-8-9-20-18(10-16)23-21(26)11-27-20)12-28-22(25)24-17-7-5-6-14(3)15(17)4/h5-10,12-13H,11H2,1-4H3,(H,23,26). The van der Waals surface area contributed by atoms with Gasteiger partial charge in [0.1, 0.15) is 5.75 Å². The van der Waals surface area contributed by atoms with Gasteiger partial charge >= 0.3 is 0 Å². The number of carbonyl (C=O) groups excluding carboxylic acids is 1. The monoisotopic (exact) mass is 393 g/mol. The van der Waals surface area contributed by atoms with Crippen molar-refractivity contribution in [3.05, 3.63) is 57.7 Å². The van der Waals surface area contributed by atoms with Gasteiger partial charge < -0.3 is 14.6 Å². The van der Waals surface area contributed by atoms with Crippen LogP contribution in [0.15, 0.2) is 46.8 Å². The van der Waals surface area contributed by atoms with Crippen LogP contribution in [-0.4, -0.2) is 17.1 Å². The Hall–Kier alpha value is -2.86. The van der Waals surface area contributed by atoms with Crippen molar-refractivity contribution in [2.75, 3.05) is 11.9 Å². The predicted octanol–water partition coefficient (Wildman–Crippen LogP) is 4.98. The molecular formula is C22H23N3O2S. The summed E-state index contributed by atoms with van der Waals surface area (Å²) in [5.74, 6) is 0.576. The number of benzene rings is 2. The number of nitrogens with one attached hydrogen (secondary N) is 1. The second kappa shape index (κ2) is 7.28. The molecule has 0 saturated heterocycles. The molecule has 0 aliphatic carbocycles. The van der Waals surface area contributed by atoms with Gasteiger partial charge in [0.05, 0.1) is 17.1 Å². The lowest BCUT2D eigenvalue weighted by atomic mass is 10.1. The Labute approximate surface area is 168 Å². The molecule has 0 unspecified atom stereocenters. The van der Waals surface area contributed by atoms with E-state index in [1.54, 1.807) is 11.3 Å². The van der Waals surface area contributed by atoms with Gasteiger partial charge in [0.2, 0.25) is 0 Å². The van der Waals surface area contributed by atoms with Gasteiger partial charge in [-0.3, -0.25) is 4.79 Å². The van der Waals surface area contributed by atoms with Crippen LogP contribution < -0.4 is 14.9 Å². The number of thiazole rings is 1. The van der Waals surface area contributed by atoms with Crippen molar-refractivity contribution in [1.82, 2.24) is 4.57 Å². The third-order valence-corrected chi connectivity index (χ3v) is 5.80. The number of nitrogens with zero attached hydrogens (tertiary/aromatic N) is 2. The van der Waals surface area contributed by atoms with Crippen LogP contribution in [0.4, 0.5) is 11.4 Å². The van der Waals surface area contributed by atoms with Crippen LogP contribution in [0.5, 0.6) is 5.75 Å². The first-order valence-corrected chi connectivity index (χ1v) is 10.2. The van der Waals surface area contributed by atoms with E-state index >= 15 is 0 Å². The molecule has 0 saturated carbocycles. The summed E-state index contributed by atoms with van der Waals surface area (Å²) in [6, 6.07) is 12.3. The van der Waals surface area contributed by atoms with Crippen LogP contribution >= 0.6 is 11.3 Å². The minimum atomic E-state index is -0.127. The fourth-order valence-corrected chi connectivity index (χ4v) is 4.35. The summed E-state index contributed by atoms with van der Waals surface area (Å²) >= 11 is 1.62. The van der Waals surface area contributed by atoms with Gasteiger partial charge in [0, 0.05) is 17.0 Å². The van der Waals surface area contributed by atoms with Gasteiger partial charge in [-0.1, -0.05) is 12.1 Å². The third-order valence-electron chi connectivity index (χ3n) is 4.96. The Morgan fingerprint density at radius 1 is 1.21 bits per heavy atom. The molecule has 3 aromatic rings. The maximum absolute atomic E-state index is 11.7. The molecule has 28 heavy (non-hydrogen) atoms. The molecule has 0 fully saturated rings. The quantitative estimate of drug-likeness (QED) is 0.682. The van der Waals surface area contributed by atoms with Gasteiger partial charge in [-0.25, -0.2) is 4.99 Å². The molecular weight excluding hydrogens is 370 g/mol. The number of aryl methyl sites for hydroxylation is 1. The lowest BCUT2D eigenvalue weighted by Gasteiger charge is -2.19. The Balaban J connectivity index is 1.84. The van der Waals surface area contributed by atoms with E-state index in [1.807, 2.05) is 24.3 Å². The molecule has 5 nitrogen and oxygen atoms in total. The average Bonchev–Trinajstić information content (AvgIpc) is 3.08. The van der Waals surface area contributed by atoms with E-state index in [-0.39, 0.29) is 18.6 Å². The van der Waals surface area contributed by atoms with E-state index in [0.29, 0.717) is 11.4 Å².